The number of piperidine rings is 2. The van der Waals surface area contributed by atoms with Crippen LogP contribution in [0.2, 0.25) is 0 Å². The largest absolute Gasteiger partial charge is 0.379 e. The molecule has 3 aromatic heterocycles. The molecule has 2 saturated carbocycles. The first-order valence-corrected chi connectivity index (χ1v) is 19.9. The molecule has 1 spiro atoms. The van der Waals surface area contributed by atoms with Gasteiger partial charge in [0, 0.05) is 61.8 Å². The van der Waals surface area contributed by atoms with Crippen LogP contribution in [0.3, 0.4) is 0 Å². The van der Waals surface area contributed by atoms with E-state index in [0.717, 1.165) is 52.5 Å². The molecular formula is C42H49FN8O3. The standard InChI is InChI=1S/C42H49FN8O3/c1-25(2)50-24-45-35-18-34(47-38(37(35)50)46-33-8-11-44-19-32(33)43)28-6-7-31-36(15-28)51(30-16-29(17-30)49-20-26-4-5-27(14-26)21-49)40(53)42(31)9-12-48(13-10-42)39(52)41(3)22-54-23-41/h6-8,11,15,18-19,24-27,29-30H,4-5,9-10,12-14,16-17,20-23H2,1-3H3,(H,44,46,47). The van der Waals surface area contributed by atoms with Crippen LogP contribution in [0.1, 0.15) is 77.3 Å². The van der Waals surface area contributed by atoms with E-state index in [-0.39, 0.29) is 29.6 Å². The summed E-state index contributed by atoms with van der Waals surface area (Å²) >= 11 is 0. The number of amides is 2. The number of pyridine rings is 2. The maximum absolute atomic E-state index is 15.0. The van der Waals surface area contributed by atoms with Gasteiger partial charge in [-0.1, -0.05) is 12.1 Å². The van der Waals surface area contributed by atoms with Gasteiger partial charge in [-0.3, -0.25) is 19.5 Å². The highest BCUT2D eigenvalue weighted by Gasteiger charge is 2.57. The second kappa shape index (κ2) is 12.6. The molecule has 4 aliphatic heterocycles. The first-order valence-electron chi connectivity index (χ1n) is 19.9. The number of aromatic nitrogens is 4. The van der Waals surface area contributed by atoms with E-state index in [1.165, 1.54) is 38.5 Å². The molecule has 2 atom stereocenters. The number of hydrogen-bond acceptors (Lipinski definition) is 8. The van der Waals surface area contributed by atoms with Crippen molar-refractivity contribution in [2.45, 2.75) is 89.3 Å². The summed E-state index contributed by atoms with van der Waals surface area (Å²) in [7, 11) is 0. The monoisotopic (exact) mass is 732 g/mol. The van der Waals surface area contributed by atoms with Crippen LogP contribution < -0.4 is 10.2 Å². The Bertz CT molecular complexity index is 2140. The molecule has 5 fully saturated rings. The van der Waals surface area contributed by atoms with Gasteiger partial charge in [-0.2, -0.15) is 0 Å². The molecular weight excluding hydrogens is 684 g/mol. The number of nitrogens with zero attached hydrogens (tertiary/aromatic N) is 7. The fourth-order valence-electron chi connectivity index (χ4n) is 10.5. The molecule has 1 N–H and O–H groups in total. The number of carbonyl (C=O) groups is 2. The van der Waals surface area contributed by atoms with Crippen LogP contribution >= 0.6 is 0 Å². The normalized spacial score (nSPS) is 27.0. The van der Waals surface area contributed by atoms with Gasteiger partial charge in [-0.25, -0.2) is 14.4 Å². The molecule has 7 heterocycles. The van der Waals surface area contributed by atoms with Crippen LogP contribution in [0.15, 0.2) is 49.1 Å². The van der Waals surface area contributed by atoms with E-state index < -0.39 is 16.6 Å². The second-order valence-corrected chi connectivity index (χ2v) is 17.6. The summed E-state index contributed by atoms with van der Waals surface area (Å²) in [5, 5.41) is 3.24. The number of halogens is 1. The molecule has 10 rings (SSSR count). The van der Waals surface area contributed by atoms with Gasteiger partial charge in [0.25, 0.3) is 0 Å². The minimum absolute atomic E-state index is 0.110. The van der Waals surface area contributed by atoms with E-state index >= 15 is 0 Å². The Labute approximate surface area is 315 Å². The third-order valence-electron chi connectivity index (χ3n) is 13.7. The van der Waals surface area contributed by atoms with Crippen molar-refractivity contribution < 1.29 is 18.7 Å². The smallest absolute Gasteiger partial charge is 0.238 e. The average molecular weight is 733 g/mol. The fraction of sp³-hybridized carbons (Fsp3) is 0.548. The fourth-order valence-corrected chi connectivity index (χ4v) is 10.5. The Hall–Kier alpha value is -4.42. The number of anilines is 3. The van der Waals surface area contributed by atoms with Crippen LogP contribution in [0.5, 0.6) is 0 Å². The number of nitrogens with one attached hydrogen (secondary N) is 1. The second-order valence-electron chi connectivity index (χ2n) is 17.6. The topological polar surface area (TPSA) is 109 Å². The van der Waals surface area contributed by atoms with Gasteiger partial charge < -0.3 is 24.4 Å². The highest BCUT2D eigenvalue weighted by atomic mass is 19.1. The lowest BCUT2D eigenvalue weighted by Gasteiger charge is -2.49. The lowest BCUT2D eigenvalue weighted by Crippen LogP contribution is -2.60. The van der Waals surface area contributed by atoms with E-state index in [4.69, 9.17) is 14.7 Å². The van der Waals surface area contributed by atoms with Crippen molar-refractivity contribution in [1.29, 1.82) is 0 Å². The first-order chi connectivity index (χ1) is 26.1. The molecule has 2 amide bonds. The molecule has 2 aliphatic carbocycles. The van der Waals surface area contributed by atoms with Crippen molar-refractivity contribution in [2.24, 2.45) is 17.3 Å². The summed E-state index contributed by atoms with van der Waals surface area (Å²) in [6.45, 7) is 10.6. The van der Waals surface area contributed by atoms with E-state index in [0.29, 0.717) is 56.7 Å². The number of hydrogen-bond donors (Lipinski definition) is 1. The first kappa shape index (κ1) is 34.1. The Morgan fingerprint density at radius 3 is 2.46 bits per heavy atom. The van der Waals surface area contributed by atoms with Gasteiger partial charge in [-0.15, -0.1) is 0 Å². The summed E-state index contributed by atoms with van der Waals surface area (Å²) in [4.78, 5) is 49.1. The van der Waals surface area contributed by atoms with Crippen molar-refractivity contribution in [3.63, 3.8) is 0 Å². The minimum Gasteiger partial charge on any atom is -0.379 e. The summed E-state index contributed by atoms with van der Waals surface area (Å²) in [5.74, 6) is 2.01. The quantitative estimate of drug-likeness (QED) is 0.231. The van der Waals surface area contributed by atoms with E-state index in [1.54, 1.807) is 18.6 Å². The Morgan fingerprint density at radius 1 is 1.02 bits per heavy atom. The maximum Gasteiger partial charge on any atom is 0.238 e. The Kier molecular flexibility index (Phi) is 7.93. The number of likely N-dealkylation sites (tertiary alicyclic amines) is 2. The molecule has 2 unspecified atom stereocenters. The van der Waals surface area contributed by atoms with Gasteiger partial charge in [0.2, 0.25) is 11.8 Å². The summed E-state index contributed by atoms with van der Waals surface area (Å²) < 4.78 is 22.3. The van der Waals surface area contributed by atoms with Crippen molar-refractivity contribution in [2.75, 3.05) is 49.6 Å². The van der Waals surface area contributed by atoms with Crippen LogP contribution in [0.25, 0.3) is 22.3 Å². The van der Waals surface area contributed by atoms with E-state index in [9.17, 15) is 14.0 Å². The minimum atomic E-state index is -0.671. The molecule has 2 bridgehead atoms. The highest BCUT2D eigenvalue weighted by molar-refractivity contribution is 6.09. The average Bonchev–Trinajstić information content (AvgIpc) is 3.80. The van der Waals surface area contributed by atoms with E-state index in [2.05, 4.69) is 52.1 Å². The zero-order chi connectivity index (χ0) is 36.9. The Balaban J connectivity index is 1.01. The molecule has 54 heavy (non-hydrogen) atoms. The summed E-state index contributed by atoms with van der Waals surface area (Å²) in [6, 6.07) is 10.7. The van der Waals surface area contributed by atoms with Crippen molar-refractivity contribution in [3.8, 4) is 11.3 Å². The molecule has 1 aromatic carbocycles. The predicted molar refractivity (Wildman–Crippen MR) is 204 cm³/mol. The zero-order valence-electron chi connectivity index (χ0n) is 31.4. The van der Waals surface area contributed by atoms with Crippen LogP contribution in [-0.4, -0.2) is 92.6 Å². The lowest BCUT2D eigenvalue weighted by molar-refractivity contribution is -0.170. The van der Waals surface area contributed by atoms with Crippen LogP contribution in [-0.2, 0) is 19.7 Å². The van der Waals surface area contributed by atoms with Crippen molar-refractivity contribution in [1.82, 2.24) is 29.3 Å². The summed E-state index contributed by atoms with van der Waals surface area (Å²) in [6.07, 6.45) is 11.8. The number of rotatable bonds is 7. The number of ether oxygens (including phenoxy) is 1. The summed E-state index contributed by atoms with van der Waals surface area (Å²) in [5.41, 5.74) is 4.27. The van der Waals surface area contributed by atoms with Gasteiger partial charge in [-0.05, 0) is 101 Å². The SMILES string of the molecule is CC(C)n1cnc2cc(-c3ccc4c(c3)N(C3CC(N5CC6CCC(C6)C5)C3)C(=O)C43CCN(C(=O)C4(C)COC4)CC3)nc(Nc3ccncc3F)c21. The molecule has 11 nitrogen and oxygen atoms in total. The van der Waals surface area contributed by atoms with E-state index in [1.807, 2.05) is 22.5 Å². The van der Waals surface area contributed by atoms with Gasteiger partial charge in [0.1, 0.15) is 5.52 Å². The molecule has 3 saturated heterocycles. The molecule has 0 radical (unpaired) electrons. The predicted octanol–water partition coefficient (Wildman–Crippen LogP) is 6.46. The van der Waals surface area contributed by atoms with Crippen molar-refractivity contribution >= 4 is 40.0 Å². The van der Waals surface area contributed by atoms with Gasteiger partial charge in [0.15, 0.2) is 11.6 Å². The number of benzene rings is 1. The number of imidazole rings is 1. The van der Waals surface area contributed by atoms with Crippen LogP contribution in [0, 0.1) is 23.1 Å². The third kappa shape index (κ3) is 5.30. The lowest BCUT2D eigenvalue weighted by atomic mass is 9.72. The molecule has 4 aromatic rings. The zero-order valence-corrected chi connectivity index (χ0v) is 31.4. The maximum atomic E-state index is 15.0. The molecule has 12 heteroatoms. The highest BCUT2D eigenvalue weighted by Crippen LogP contribution is 2.53. The van der Waals surface area contributed by atoms with Crippen molar-refractivity contribution in [3.05, 3.63) is 60.4 Å². The number of fused-ring (bicyclic) bond motifs is 5. The van der Waals surface area contributed by atoms with Gasteiger partial charge in [0.05, 0.1) is 53.5 Å². The molecule has 282 valence electrons. The Morgan fingerprint density at radius 2 is 1.78 bits per heavy atom. The third-order valence-corrected chi connectivity index (χ3v) is 13.7. The van der Waals surface area contributed by atoms with Crippen LogP contribution in [0.4, 0.5) is 21.6 Å². The van der Waals surface area contributed by atoms with Gasteiger partial charge >= 0.3 is 0 Å². The number of carbonyl (C=O) groups excluding carboxylic acids is 2. The molecule has 6 aliphatic rings.